The average Bonchev–Trinajstić information content (AvgIpc) is 3.97. The van der Waals surface area contributed by atoms with Crippen molar-refractivity contribution in [1.29, 1.82) is 0 Å². The van der Waals surface area contributed by atoms with Crippen LogP contribution in [0, 0.1) is 5.92 Å². The number of hydrogen-bond donors (Lipinski definition) is 0. The molecule has 1 saturated carbocycles. The first kappa shape index (κ1) is 41.2. The second-order valence-electron chi connectivity index (χ2n) is 23.7. The molecule has 330 valence electrons. The van der Waals surface area contributed by atoms with Crippen molar-refractivity contribution in [2.24, 2.45) is 5.92 Å². The summed E-state index contributed by atoms with van der Waals surface area (Å²) in [5, 5.41) is 14.3. The maximum absolute atomic E-state index is 14.4. The van der Waals surface area contributed by atoms with E-state index < -0.39 is 16.1 Å². The standard InChI is InChI=1S/C58H69N3OSi2/c1-14-63(15-2,16-3)36-21-42-40-26-47-41(27-48(40)61-50-29-59-56-52(51(50)46(22-36)54(42)61)57(10,11)30-58(56,12)13)44-24-37(64(31(4)5,32(6)7)33(8)9)23-43-39-25-38-34-17-19-35(20-18-34)55(62)45(38)28-49(39)60(47)53(43)44/h21-29,31-35H,14-20,30H2,1-13H3. The van der Waals surface area contributed by atoms with Gasteiger partial charge in [0.1, 0.15) is 0 Å². The fourth-order valence-electron chi connectivity index (χ4n) is 16.4. The quantitative estimate of drug-likeness (QED) is 0.143. The highest BCUT2D eigenvalue weighted by molar-refractivity contribution is 6.95. The Morgan fingerprint density at radius 2 is 1.08 bits per heavy atom. The number of Topliss-reactive ketones (excluding diaryl/α,β-unsaturated/α-hetero) is 1. The van der Waals surface area contributed by atoms with E-state index in [0.717, 1.165) is 37.7 Å². The van der Waals surface area contributed by atoms with E-state index in [1.54, 1.807) is 10.4 Å². The van der Waals surface area contributed by atoms with Crippen LogP contribution >= 0.6 is 0 Å². The molecule has 4 aliphatic rings. The first-order chi connectivity index (χ1) is 30.4. The highest BCUT2D eigenvalue weighted by atomic mass is 28.3. The minimum absolute atomic E-state index is 0.0186. The lowest BCUT2D eigenvalue weighted by molar-refractivity contribution is 0.0898. The van der Waals surface area contributed by atoms with Crippen molar-refractivity contribution in [1.82, 2.24) is 13.8 Å². The van der Waals surface area contributed by atoms with E-state index in [1.165, 1.54) is 111 Å². The summed E-state index contributed by atoms with van der Waals surface area (Å²) in [6.45, 7) is 32.2. The third-order valence-corrected chi connectivity index (χ3v) is 31.7. The third kappa shape index (κ3) is 4.85. The zero-order chi connectivity index (χ0) is 44.9. The largest absolute Gasteiger partial charge is 0.308 e. The third-order valence-electron chi connectivity index (χ3n) is 19.1. The van der Waals surface area contributed by atoms with Crippen LogP contribution in [0.5, 0.6) is 0 Å². The molecule has 5 aromatic heterocycles. The number of carbonyl (C=O) groups excluding carboxylic acids is 1. The van der Waals surface area contributed by atoms with Gasteiger partial charge in [0.05, 0.1) is 61.1 Å². The number of aromatic nitrogens is 3. The summed E-state index contributed by atoms with van der Waals surface area (Å²) in [6.07, 6.45) is 7.69. The number of hydrogen-bond acceptors (Lipinski definition) is 2. The van der Waals surface area contributed by atoms with E-state index in [0.29, 0.717) is 28.3 Å². The van der Waals surface area contributed by atoms with Crippen molar-refractivity contribution >= 4 is 108 Å². The van der Waals surface area contributed by atoms with Gasteiger partial charge in [-0.3, -0.25) is 9.78 Å². The van der Waals surface area contributed by atoms with Gasteiger partial charge in [-0.25, -0.2) is 0 Å². The van der Waals surface area contributed by atoms with Crippen LogP contribution in [0.1, 0.15) is 155 Å². The Balaban J connectivity index is 1.29. The Labute approximate surface area is 381 Å². The van der Waals surface area contributed by atoms with Crippen LogP contribution in [0.3, 0.4) is 0 Å². The van der Waals surface area contributed by atoms with Gasteiger partial charge in [-0.05, 0) is 95.5 Å². The molecule has 1 fully saturated rings. The van der Waals surface area contributed by atoms with Gasteiger partial charge < -0.3 is 8.80 Å². The number of benzene rings is 4. The Hall–Kier alpha value is -4.27. The number of ketones is 1. The van der Waals surface area contributed by atoms with Crippen molar-refractivity contribution in [2.45, 2.75) is 174 Å². The maximum Gasteiger partial charge on any atom is 0.166 e. The summed E-state index contributed by atoms with van der Waals surface area (Å²) in [5.74, 6) is 1.04. The molecule has 0 radical (unpaired) electrons. The molecule has 9 aromatic rings. The monoisotopic (exact) mass is 879 g/mol. The molecule has 64 heavy (non-hydrogen) atoms. The molecule has 5 heterocycles. The molecule has 0 saturated heterocycles. The van der Waals surface area contributed by atoms with Crippen LogP contribution in [-0.4, -0.2) is 35.7 Å². The molecule has 2 bridgehead atoms. The molecule has 4 nitrogen and oxygen atoms in total. The van der Waals surface area contributed by atoms with Gasteiger partial charge in [0.25, 0.3) is 0 Å². The molecule has 6 heteroatoms. The number of fused-ring (bicyclic) bond motifs is 16. The highest BCUT2D eigenvalue weighted by Gasteiger charge is 2.47. The van der Waals surface area contributed by atoms with Crippen LogP contribution in [0.2, 0.25) is 34.8 Å². The van der Waals surface area contributed by atoms with Crippen molar-refractivity contribution in [2.75, 3.05) is 0 Å². The molecule has 0 spiro atoms. The van der Waals surface area contributed by atoms with E-state index in [4.69, 9.17) is 4.98 Å². The van der Waals surface area contributed by atoms with E-state index in [1.807, 2.05) is 0 Å². The lowest BCUT2D eigenvalue weighted by Gasteiger charge is -2.43. The SMILES string of the molecule is CC[Si](CC)(CC)c1cc2c3cc4c(cc3n3c5cnc6c(c5c(c1)c23)C(C)(C)CC6(C)C)c1cc([Si](C(C)C)(C(C)C)C(C)C)cc2c3cc5c(cc3n4c21)C(=O)C1CCC5CC1. The molecular weight excluding hydrogens is 811 g/mol. The molecular formula is C58H69N3OSi2. The van der Waals surface area contributed by atoms with Gasteiger partial charge in [-0.15, -0.1) is 0 Å². The molecule has 13 rings (SSSR count). The Kier molecular flexibility index (Phi) is 8.50. The zero-order valence-corrected chi connectivity index (χ0v) is 43.0. The molecule has 4 aliphatic carbocycles. The van der Waals surface area contributed by atoms with Crippen molar-refractivity contribution < 1.29 is 4.79 Å². The molecule has 0 unspecified atom stereocenters. The first-order valence-corrected chi connectivity index (χ1v) is 30.2. The Morgan fingerprint density at radius 1 is 0.594 bits per heavy atom. The number of rotatable bonds is 8. The normalized spacial score (nSPS) is 20.2. The molecule has 0 N–H and O–H groups in total. The summed E-state index contributed by atoms with van der Waals surface area (Å²) < 4.78 is 5.25. The van der Waals surface area contributed by atoms with Crippen LogP contribution in [0.25, 0.3) is 76.2 Å². The van der Waals surface area contributed by atoms with Gasteiger partial charge in [-0.2, -0.15) is 0 Å². The smallest absolute Gasteiger partial charge is 0.166 e. The van der Waals surface area contributed by atoms with Crippen molar-refractivity contribution in [3.05, 3.63) is 77.1 Å². The summed E-state index contributed by atoms with van der Waals surface area (Å²) in [4.78, 5) is 19.8. The number of pyridine rings is 1. The Morgan fingerprint density at radius 3 is 1.64 bits per heavy atom. The van der Waals surface area contributed by atoms with Gasteiger partial charge in [0.15, 0.2) is 5.78 Å². The van der Waals surface area contributed by atoms with Gasteiger partial charge in [0, 0.05) is 60.0 Å². The fourth-order valence-corrected chi connectivity index (χ4v) is 26.8. The van der Waals surface area contributed by atoms with E-state index >= 15 is 0 Å². The highest BCUT2D eigenvalue weighted by Crippen LogP contribution is 2.55. The maximum atomic E-state index is 14.4. The Bertz CT molecular complexity index is 3420. The number of nitrogens with zero attached hydrogens (tertiary/aromatic N) is 3. The van der Waals surface area contributed by atoms with Crippen LogP contribution < -0.4 is 10.4 Å². The van der Waals surface area contributed by atoms with E-state index in [2.05, 4.69) is 154 Å². The summed E-state index contributed by atoms with van der Waals surface area (Å²) in [6, 6.07) is 24.5. The van der Waals surface area contributed by atoms with Gasteiger partial charge in [0.2, 0.25) is 0 Å². The summed E-state index contributed by atoms with van der Waals surface area (Å²) in [7, 11) is -3.86. The summed E-state index contributed by atoms with van der Waals surface area (Å²) in [5.41, 5.74) is 14.7. The van der Waals surface area contributed by atoms with Gasteiger partial charge in [-0.1, -0.05) is 143 Å². The average molecular weight is 880 g/mol. The van der Waals surface area contributed by atoms with E-state index in [-0.39, 0.29) is 16.7 Å². The van der Waals surface area contributed by atoms with Crippen molar-refractivity contribution in [3.8, 4) is 0 Å². The predicted molar refractivity (Wildman–Crippen MR) is 281 cm³/mol. The fraction of sp³-hybridized carbons (Fsp3) is 0.483. The lowest BCUT2D eigenvalue weighted by Crippen LogP contribution is -2.55. The lowest BCUT2D eigenvalue weighted by atomic mass is 9.81. The second kappa shape index (κ2) is 13.2. The summed E-state index contributed by atoms with van der Waals surface area (Å²) >= 11 is 0. The minimum Gasteiger partial charge on any atom is -0.308 e. The topological polar surface area (TPSA) is 38.8 Å². The van der Waals surface area contributed by atoms with Crippen LogP contribution in [0.4, 0.5) is 0 Å². The zero-order valence-electron chi connectivity index (χ0n) is 41.0. The van der Waals surface area contributed by atoms with Crippen LogP contribution in [0.15, 0.2) is 54.7 Å². The predicted octanol–water partition coefficient (Wildman–Crippen LogP) is 15.4. The second-order valence-corrected chi connectivity index (χ2v) is 34.9. The van der Waals surface area contributed by atoms with Crippen LogP contribution in [-0.2, 0) is 10.8 Å². The minimum atomic E-state index is -2.07. The first-order valence-electron chi connectivity index (χ1n) is 25.4. The number of carbonyl (C=O) groups is 1. The molecule has 4 aromatic carbocycles. The molecule has 0 aliphatic heterocycles. The van der Waals surface area contributed by atoms with Crippen molar-refractivity contribution in [3.63, 3.8) is 0 Å². The van der Waals surface area contributed by atoms with E-state index in [9.17, 15) is 4.79 Å². The van der Waals surface area contributed by atoms with Gasteiger partial charge >= 0.3 is 0 Å². The molecule has 0 atom stereocenters. The molecule has 0 amide bonds.